The molecule has 1 saturated carbocycles. The Morgan fingerprint density at radius 2 is 1.93 bits per heavy atom. The Hall–Kier alpha value is -2.83. The van der Waals surface area contributed by atoms with Crippen molar-refractivity contribution in [3.8, 4) is 5.75 Å². The number of aliphatic hydroxyl groups is 1. The van der Waals surface area contributed by atoms with Crippen molar-refractivity contribution in [3.63, 3.8) is 0 Å². The van der Waals surface area contributed by atoms with Crippen LogP contribution in [0.3, 0.4) is 0 Å². The highest BCUT2D eigenvalue weighted by molar-refractivity contribution is 5.95. The van der Waals surface area contributed by atoms with Gasteiger partial charge in [-0.25, -0.2) is 0 Å². The molecule has 0 radical (unpaired) electrons. The van der Waals surface area contributed by atoms with Crippen molar-refractivity contribution in [1.82, 2.24) is 4.98 Å². The number of amides is 1. The van der Waals surface area contributed by atoms with Gasteiger partial charge in [-0.15, -0.1) is 0 Å². The maximum atomic E-state index is 12.5. The van der Waals surface area contributed by atoms with E-state index in [9.17, 15) is 9.90 Å². The van der Waals surface area contributed by atoms with Crippen molar-refractivity contribution in [1.29, 1.82) is 0 Å². The van der Waals surface area contributed by atoms with Crippen LogP contribution in [0.2, 0.25) is 0 Å². The van der Waals surface area contributed by atoms with Crippen LogP contribution in [-0.2, 0) is 11.2 Å². The molecule has 1 amide bonds. The smallest absolute Gasteiger partial charge is 0.241 e. The van der Waals surface area contributed by atoms with E-state index in [1.807, 2.05) is 42.6 Å². The van der Waals surface area contributed by atoms with Crippen LogP contribution in [0.1, 0.15) is 31.2 Å². The molecule has 0 spiro atoms. The quantitative estimate of drug-likeness (QED) is 0.516. The van der Waals surface area contributed by atoms with E-state index in [0.29, 0.717) is 17.9 Å². The molecule has 1 aliphatic rings. The van der Waals surface area contributed by atoms with Gasteiger partial charge in [0.25, 0.3) is 0 Å². The minimum absolute atomic E-state index is 0.159. The maximum absolute atomic E-state index is 12.5. The van der Waals surface area contributed by atoms with Gasteiger partial charge in [-0.2, -0.15) is 0 Å². The molecule has 5 N–H and O–H groups in total. The third-order valence-electron chi connectivity index (χ3n) is 5.53. The number of H-pyrrole nitrogens is 1. The SMILES string of the molecule is N[C@@H](Cc1c[nH]c2ccccc12)C(=O)Nc1ccc(OC2CCCCC2O)cc1. The molecule has 0 bridgehead atoms. The number of rotatable bonds is 6. The number of fused-ring (bicyclic) bond motifs is 1. The summed E-state index contributed by atoms with van der Waals surface area (Å²) in [5, 5.41) is 14.0. The van der Waals surface area contributed by atoms with Crippen molar-refractivity contribution in [2.75, 3.05) is 5.32 Å². The number of nitrogens with two attached hydrogens (primary N) is 1. The average molecular weight is 393 g/mol. The highest BCUT2D eigenvalue weighted by Crippen LogP contribution is 2.25. The van der Waals surface area contributed by atoms with E-state index in [-0.39, 0.29) is 12.0 Å². The molecule has 0 aliphatic heterocycles. The van der Waals surface area contributed by atoms with Crippen molar-refractivity contribution in [2.24, 2.45) is 5.73 Å². The molecule has 1 aromatic heterocycles. The lowest BCUT2D eigenvalue weighted by Crippen LogP contribution is -2.37. The molecule has 3 atom stereocenters. The molecule has 152 valence electrons. The lowest BCUT2D eigenvalue weighted by molar-refractivity contribution is -0.117. The van der Waals surface area contributed by atoms with Crippen LogP contribution in [0.15, 0.2) is 54.7 Å². The second-order valence-electron chi connectivity index (χ2n) is 7.69. The topological polar surface area (TPSA) is 100 Å². The van der Waals surface area contributed by atoms with Crippen LogP contribution in [0.4, 0.5) is 5.69 Å². The van der Waals surface area contributed by atoms with E-state index in [4.69, 9.17) is 10.5 Å². The van der Waals surface area contributed by atoms with E-state index >= 15 is 0 Å². The summed E-state index contributed by atoms with van der Waals surface area (Å²) in [6, 6.07) is 14.5. The summed E-state index contributed by atoms with van der Waals surface area (Å²) in [5.41, 5.74) is 8.87. The first kappa shape index (κ1) is 19.5. The van der Waals surface area contributed by atoms with Gasteiger partial charge in [0, 0.05) is 22.8 Å². The molecular weight excluding hydrogens is 366 g/mol. The minimum atomic E-state index is -0.650. The fraction of sp³-hybridized carbons (Fsp3) is 0.348. The Morgan fingerprint density at radius 1 is 1.17 bits per heavy atom. The van der Waals surface area contributed by atoms with Gasteiger partial charge < -0.3 is 25.9 Å². The van der Waals surface area contributed by atoms with Gasteiger partial charge in [-0.05, 0) is 61.6 Å². The molecule has 0 saturated heterocycles. The fourth-order valence-corrected chi connectivity index (χ4v) is 3.87. The largest absolute Gasteiger partial charge is 0.488 e. The zero-order valence-corrected chi connectivity index (χ0v) is 16.3. The van der Waals surface area contributed by atoms with Gasteiger partial charge in [0.05, 0.1) is 12.1 Å². The summed E-state index contributed by atoms with van der Waals surface area (Å²) >= 11 is 0. The van der Waals surface area contributed by atoms with Crippen LogP contribution in [0, 0.1) is 0 Å². The average Bonchev–Trinajstić information content (AvgIpc) is 3.14. The number of hydrogen-bond acceptors (Lipinski definition) is 4. The Kier molecular flexibility index (Phi) is 5.83. The Morgan fingerprint density at radius 3 is 2.72 bits per heavy atom. The summed E-state index contributed by atoms with van der Waals surface area (Å²) in [4.78, 5) is 15.7. The van der Waals surface area contributed by atoms with E-state index in [1.165, 1.54) is 0 Å². The number of aromatic nitrogens is 1. The summed E-state index contributed by atoms with van der Waals surface area (Å²) in [7, 11) is 0. The van der Waals surface area contributed by atoms with Crippen molar-refractivity contribution >= 4 is 22.5 Å². The number of carbonyl (C=O) groups excluding carboxylic acids is 1. The number of hydrogen-bond donors (Lipinski definition) is 4. The number of nitrogens with one attached hydrogen (secondary N) is 2. The zero-order chi connectivity index (χ0) is 20.2. The predicted octanol–water partition coefficient (Wildman–Crippen LogP) is 3.36. The Bertz CT molecular complexity index is 967. The van der Waals surface area contributed by atoms with E-state index in [2.05, 4.69) is 10.3 Å². The Balaban J connectivity index is 1.34. The first-order valence-electron chi connectivity index (χ1n) is 10.2. The van der Waals surface area contributed by atoms with Crippen LogP contribution in [-0.4, -0.2) is 34.2 Å². The van der Waals surface area contributed by atoms with Gasteiger partial charge in [0.15, 0.2) is 0 Å². The van der Waals surface area contributed by atoms with Gasteiger partial charge in [0.1, 0.15) is 11.9 Å². The summed E-state index contributed by atoms with van der Waals surface area (Å²) in [6.45, 7) is 0. The molecule has 6 heteroatoms. The summed E-state index contributed by atoms with van der Waals surface area (Å²) < 4.78 is 5.90. The normalized spacial score (nSPS) is 20.3. The molecule has 29 heavy (non-hydrogen) atoms. The molecule has 1 heterocycles. The fourth-order valence-electron chi connectivity index (χ4n) is 3.87. The van der Waals surface area contributed by atoms with E-state index in [1.54, 1.807) is 12.1 Å². The van der Waals surface area contributed by atoms with Crippen LogP contribution < -0.4 is 15.8 Å². The Labute approximate surface area is 170 Å². The molecule has 4 rings (SSSR count). The number of carbonyl (C=O) groups is 1. The number of ether oxygens (including phenoxy) is 1. The second-order valence-corrected chi connectivity index (χ2v) is 7.69. The molecule has 2 unspecified atom stereocenters. The summed E-state index contributed by atoms with van der Waals surface area (Å²) in [5.74, 6) is 0.462. The first-order chi connectivity index (χ1) is 14.1. The lowest BCUT2D eigenvalue weighted by Gasteiger charge is -2.28. The van der Waals surface area contributed by atoms with Crippen LogP contribution >= 0.6 is 0 Å². The molecule has 2 aromatic carbocycles. The van der Waals surface area contributed by atoms with Gasteiger partial charge in [-0.1, -0.05) is 24.6 Å². The van der Waals surface area contributed by atoms with Crippen molar-refractivity contribution < 1.29 is 14.6 Å². The molecular formula is C23H27N3O3. The number of benzene rings is 2. The monoisotopic (exact) mass is 393 g/mol. The van der Waals surface area contributed by atoms with Crippen molar-refractivity contribution in [3.05, 3.63) is 60.3 Å². The lowest BCUT2D eigenvalue weighted by atomic mass is 9.95. The summed E-state index contributed by atoms with van der Waals surface area (Å²) in [6.07, 6.45) is 5.56. The van der Waals surface area contributed by atoms with Gasteiger partial charge in [-0.3, -0.25) is 4.79 Å². The minimum Gasteiger partial charge on any atom is -0.488 e. The number of para-hydroxylation sites is 1. The second kappa shape index (κ2) is 8.68. The zero-order valence-electron chi connectivity index (χ0n) is 16.3. The molecule has 6 nitrogen and oxygen atoms in total. The third kappa shape index (κ3) is 4.60. The number of aromatic amines is 1. The number of anilines is 1. The van der Waals surface area contributed by atoms with E-state index < -0.39 is 12.1 Å². The van der Waals surface area contributed by atoms with Crippen LogP contribution in [0.5, 0.6) is 5.75 Å². The predicted molar refractivity (Wildman–Crippen MR) is 114 cm³/mol. The molecule has 1 aliphatic carbocycles. The highest BCUT2D eigenvalue weighted by atomic mass is 16.5. The van der Waals surface area contributed by atoms with Crippen molar-refractivity contribution in [2.45, 2.75) is 50.4 Å². The third-order valence-corrected chi connectivity index (χ3v) is 5.53. The van der Waals surface area contributed by atoms with Gasteiger partial charge >= 0.3 is 0 Å². The number of aliphatic hydroxyl groups excluding tert-OH is 1. The highest BCUT2D eigenvalue weighted by Gasteiger charge is 2.24. The van der Waals surface area contributed by atoms with Crippen LogP contribution in [0.25, 0.3) is 10.9 Å². The van der Waals surface area contributed by atoms with Gasteiger partial charge in [0.2, 0.25) is 5.91 Å². The molecule has 1 fully saturated rings. The standard InChI is InChI=1S/C23H27N3O3/c24-19(13-15-14-25-20-6-2-1-5-18(15)20)23(28)26-16-9-11-17(12-10-16)29-22-8-4-3-7-21(22)27/h1-2,5-6,9-12,14,19,21-22,25,27H,3-4,7-8,13,24H2,(H,26,28)/t19-,21?,22?/m0/s1. The molecule has 3 aromatic rings. The first-order valence-corrected chi connectivity index (χ1v) is 10.2. The maximum Gasteiger partial charge on any atom is 0.241 e. The van der Waals surface area contributed by atoms with E-state index in [0.717, 1.165) is 42.1 Å².